The van der Waals surface area contributed by atoms with Crippen LogP contribution in [-0.4, -0.2) is 48.4 Å². The second-order valence-corrected chi connectivity index (χ2v) is 11.2. The fourth-order valence-electron chi connectivity index (χ4n) is 6.17. The van der Waals surface area contributed by atoms with E-state index in [2.05, 4.69) is 6.92 Å². The Balaban J connectivity index is 1.44. The highest BCUT2D eigenvalue weighted by atomic mass is 16.5. The van der Waals surface area contributed by atoms with E-state index in [1.54, 1.807) is 4.90 Å². The zero-order chi connectivity index (χ0) is 25.0. The van der Waals surface area contributed by atoms with Crippen LogP contribution in [0.1, 0.15) is 100 Å². The van der Waals surface area contributed by atoms with Crippen LogP contribution in [0.15, 0.2) is 12.1 Å². The Kier molecular flexibility index (Phi) is 8.18. The lowest BCUT2D eigenvalue weighted by Crippen LogP contribution is -2.42. The molecule has 1 saturated heterocycles. The molecule has 1 aromatic carbocycles. The average Bonchev–Trinajstić information content (AvgIpc) is 3.57. The summed E-state index contributed by atoms with van der Waals surface area (Å²) in [6.45, 7) is 7.12. The number of rotatable bonds is 10. The second-order valence-electron chi connectivity index (χ2n) is 11.2. The van der Waals surface area contributed by atoms with Crippen LogP contribution >= 0.6 is 0 Å². The van der Waals surface area contributed by atoms with Crippen LogP contribution < -0.4 is 4.74 Å². The van der Waals surface area contributed by atoms with Gasteiger partial charge in [-0.05, 0) is 79.5 Å². The summed E-state index contributed by atoms with van der Waals surface area (Å²) in [6, 6.07) is 3.22. The number of Topliss-reactive ketones (excluding diaryl/α,β-unsaturated/α-hetero) is 1. The van der Waals surface area contributed by atoms with E-state index in [0.29, 0.717) is 31.6 Å². The van der Waals surface area contributed by atoms with Crippen molar-refractivity contribution in [1.29, 1.82) is 0 Å². The van der Waals surface area contributed by atoms with E-state index in [9.17, 15) is 14.4 Å². The summed E-state index contributed by atoms with van der Waals surface area (Å²) in [5, 5.41) is 0. The molecule has 1 atom stereocenters. The van der Waals surface area contributed by atoms with Crippen molar-refractivity contribution in [3.63, 3.8) is 0 Å². The SMILES string of the molecule is CCCCOc1ccc(C(=O)COC(=O)[C@@H]2CCCN2C(=O)CC(C)C)c2c1CC1(CCCC1)C2. The maximum atomic E-state index is 13.3. The summed E-state index contributed by atoms with van der Waals surface area (Å²) in [4.78, 5) is 40.3. The molecule has 2 fully saturated rings. The molecule has 2 aliphatic carbocycles. The van der Waals surface area contributed by atoms with E-state index in [0.717, 1.165) is 43.4 Å². The number of nitrogens with zero attached hydrogens (tertiary/aromatic N) is 1. The normalized spacial score (nSPS) is 20.5. The molecule has 6 heteroatoms. The third-order valence-electron chi connectivity index (χ3n) is 7.99. The lowest BCUT2D eigenvalue weighted by Gasteiger charge is -2.24. The number of esters is 1. The molecule has 0 bridgehead atoms. The second kappa shape index (κ2) is 11.1. The van der Waals surface area contributed by atoms with E-state index in [1.165, 1.54) is 31.2 Å². The van der Waals surface area contributed by atoms with E-state index in [4.69, 9.17) is 9.47 Å². The topological polar surface area (TPSA) is 72.9 Å². The summed E-state index contributed by atoms with van der Waals surface area (Å²) >= 11 is 0. The standard InChI is InChI=1S/C29H41NO5/c1-4-5-15-34-26-11-10-21(22-17-29(18-23(22)26)12-6-7-13-29)25(31)19-35-28(33)24-9-8-14-30(24)27(32)16-20(2)3/h10-11,20,24H,4-9,12-19H2,1-3H3/t24-/m0/s1. The number of benzene rings is 1. The van der Waals surface area contributed by atoms with Crippen LogP contribution in [-0.2, 0) is 27.2 Å². The van der Waals surface area contributed by atoms with Crippen molar-refractivity contribution in [2.45, 2.75) is 97.4 Å². The van der Waals surface area contributed by atoms with Crippen molar-refractivity contribution in [2.24, 2.45) is 11.3 Å². The summed E-state index contributed by atoms with van der Waals surface area (Å²) in [7, 11) is 0. The van der Waals surface area contributed by atoms with Gasteiger partial charge in [0.15, 0.2) is 6.61 Å². The van der Waals surface area contributed by atoms with E-state index < -0.39 is 12.0 Å². The van der Waals surface area contributed by atoms with Gasteiger partial charge in [-0.1, -0.05) is 40.0 Å². The fraction of sp³-hybridized carbons (Fsp3) is 0.690. The zero-order valence-corrected chi connectivity index (χ0v) is 21.7. The van der Waals surface area contributed by atoms with Crippen LogP contribution in [0.2, 0.25) is 0 Å². The lowest BCUT2D eigenvalue weighted by atomic mass is 9.83. The molecule has 0 unspecified atom stereocenters. The molecule has 0 radical (unpaired) electrons. The minimum absolute atomic E-state index is 0.0101. The molecule has 1 amide bonds. The van der Waals surface area contributed by atoms with Gasteiger partial charge in [-0.3, -0.25) is 9.59 Å². The van der Waals surface area contributed by atoms with Gasteiger partial charge < -0.3 is 14.4 Å². The highest BCUT2D eigenvalue weighted by molar-refractivity contribution is 6.00. The first-order chi connectivity index (χ1) is 16.8. The molecule has 0 aromatic heterocycles. The Morgan fingerprint density at radius 2 is 1.83 bits per heavy atom. The number of hydrogen-bond donors (Lipinski definition) is 0. The monoisotopic (exact) mass is 483 g/mol. The van der Waals surface area contributed by atoms with Crippen molar-refractivity contribution in [3.05, 3.63) is 28.8 Å². The Labute approximate surface area is 209 Å². The Bertz CT molecular complexity index is 947. The maximum Gasteiger partial charge on any atom is 0.329 e. The molecule has 1 heterocycles. The number of carbonyl (C=O) groups excluding carboxylic acids is 3. The van der Waals surface area contributed by atoms with Crippen LogP contribution in [0.4, 0.5) is 0 Å². The van der Waals surface area contributed by atoms with Gasteiger partial charge in [0.2, 0.25) is 11.7 Å². The summed E-state index contributed by atoms with van der Waals surface area (Å²) in [5.74, 6) is 0.514. The van der Waals surface area contributed by atoms with Crippen molar-refractivity contribution in [1.82, 2.24) is 4.90 Å². The number of amides is 1. The minimum atomic E-state index is -0.573. The van der Waals surface area contributed by atoms with Gasteiger partial charge in [0.05, 0.1) is 6.61 Å². The summed E-state index contributed by atoms with van der Waals surface area (Å²) in [5.41, 5.74) is 3.19. The number of hydrogen-bond acceptors (Lipinski definition) is 5. The molecule has 35 heavy (non-hydrogen) atoms. The quantitative estimate of drug-likeness (QED) is 0.257. The van der Waals surface area contributed by atoms with Crippen molar-refractivity contribution < 1.29 is 23.9 Å². The number of ether oxygens (including phenoxy) is 2. The van der Waals surface area contributed by atoms with Gasteiger partial charge in [0.1, 0.15) is 11.8 Å². The summed E-state index contributed by atoms with van der Waals surface area (Å²) in [6.07, 6.45) is 10.6. The predicted molar refractivity (Wildman–Crippen MR) is 135 cm³/mol. The number of unbranched alkanes of at least 4 members (excludes halogenated alkanes) is 1. The molecule has 1 aromatic rings. The van der Waals surface area contributed by atoms with Gasteiger partial charge in [-0.25, -0.2) is 4.79 Å². The highest BCUT2D eigenvalue weighted by Gasteiger charge is 2.42. The van der Waals surface area contributed by atoms with Gasteiger partial charge in [0.25, 0.3) is 0 Å². The fourth-order valence-corrected chi connectivity index (χ4v) is 6.17. The van der Waals surface area contributed by atoms with Crippen molar-refractivity contribution in [2.75, 3.05) is 19.8 Å². The number of carbonyl (C=O) groups is 3. The minimum Gasteiger partial charge on any atom is -0.493 e. The summed E-state index contributed by atoms with van der Waals surface area (Å²) < 4.78 is 11.6. The first-order valence-corrected chi connectivity index (χ1v) is 13.6. The number of ketones is 1. The van der Waals surface area contributed by atoms with Gasteiger partial charge >= 0.3 is 5.97 Å². The molecule has 6 nitrogen and oxygen atoms in total. The maximum absolute atomic E-state index is 13.3. The molecule has 1 spiro atoms. The number of fused-ring (bicyclic) bond motifs is 1. The van der Waals surface area contributed by atoms with Gasteiger partial charge in [-0.15, -0.1) is 0 Å². The molecule has 0 N–H and O–H groups in total. The van der Waals surface area contributed by atoms with Crippen LogP contribution in [0, 0.1) is 11.3 Å². The van der Waals surface area contributed by atoms with Crippen LogP contribution in [0.3, 0.4) is 0 Å². The molecule has 1 aliphatic heterocycles. The largest absolute Gasteiger partial charge is 0.493 e. The third-order valence-corrected chi connectivity index (χ3v) is 7.99. The molecule has 4 rings (SSSR count). The molecular formula is C29H41NO5. The highest BCUT2D eigenvalue weighted by Crippen LogP contribution is 2.51. The number of likely N-dealkylation sites (tertiary alicyclic amines) is 1. The van der Waals surface area contributed by atoms with E-state index in [1.807, 2.05) is 26.0 Å². The first kappa shape index (κ1) is 25.7. The van der Waals surface area contributed by atoms with Crippen LogP contribution in [0.5, 0.6) is 5.75 Å². The molecular weight excluding hydrogens is 442 g/mol. The van der Waals surface area contributed by atoms with Gasteiger partial charge in [-0.2, -0.15) is 0 Å². The lowest BCUT2D eigenvalue weighted by molar-refractivity contribution is -0.152. The van der Waals surface area contributed by atoms with Gasteiger partial charge in [0, 0.05) is 18.5 Å². The molecule has 3 aliphatic rings. The van der Waals surface area contributed by atoms with Crippen molar-refractivity contribution >= 4 is 17.7 Å². The first-order valence-electron chi connectivity index (χ1n) is 13.6. The van der Waals surface area contributed by atoms with Crippen LogP contribution in [0.25, 0.3) is 0 Å². The van der Waals surface area contributed by atoms with E-state index >= 15 is 0 Å². The molecule has 1 saturated carbocycles. The average molecular weight is 484 g/mol. The molecule has 192 valence electrons. The Hall–Kier alpha value is -2.37. The smallest absolute Gasteiger partial charge is 0.329 e. The third kappa shape index (κ3) is 5.73. The predicted octanol–water partition coefficient (Wildman–Crippen LogP) is 5.29. The Morgan fingerprint density at radius 3 is 2.54 bits per heavy atom. The zero-order valence-electron chi connectivity index (χ0n) is 21.7. The Morgan fingerprint density at radius 1 is 1.09 bits per heavy atom. The van der Waals surface area contributed by atoms with Crippen molar-refractivity contribution in [3.8, 4) is 5.75 Å². The van der Waals surface area contributed by atoms with E-state index in [-0.39, 0.29) is 29.6 Å².